The molecule has 0 heterocycles. The van der Waals surface area contributed by atoms with E-state index in [-0.39, 0.29) is 0 Å². The van der Waals surface area contributed by atoms with Gasteiger partial charge < -0.3 is 4.90 Å². The fraction of sp³-hybridized carbons (Fsp3) is 1.00. The summed E-state index contributed by atoms with van der Waals surface area (Å²) >= 11 is 4.50. The Morgan fingerprint density at radius 1 is 1.19 bits per heavy atom. The minimum absolute atomic E-state index is 0.760. The van der Waals surface area contributed by atoms with E-state index in [1.54, 1.807) is 0 Å². The van der Waals surface area contributed by atoms with E-state index < -0.39 is 0 Å². The Balaban J connectivity index is 2.37. The van der Waals surface area contributed by atoms with Gasteiger partial charge in [0.25, 0.3) is 0 Å². The number of hydrogen-bond donors (Lipinski definition) is 1. The molecule has 2 heteroatoms. The summed E-state index contributed by atoms with van der Waals surface area (Å²) in [6, 6.07) is 0.903. The average Bonchev–Trinajstić information content (AvgIpc) is 3.01. The third-order valence-corrected chi connectivity index (χ3v) is 4.17. The van der Waals surface area contributed by atoms with E-state index in [2.05, 4.69) is 45.2 Å². The topological polar surface area (TPSA) is 3.24 Å². The summed E-state index contributed by atoms with van der Waals surface area (Å²) in [5, 5.41) is 0. The van der Waals surface area contributed by atoms with Crippen molar-refractivity contribution >= 4 is 12.6 Å². The minimum Gasteiger partial charge on any atom is -0.300 e. The van der Waals surface area contributed by atoms with Crippen molar-refractivity contribution in [3.63, 3.8) is 0 Å². The van der Waals surface area contributed by atoms with Crippen molar-refractivity contribution in [1.82, 2.24) is 4.90 Å². The van der Waals surface area contributed by atoms with Crippen molar-refractivity contribution in [3.05, 3.63) is 0 Å². The highest BCUT2D eigenvalue weighted by Crippen LogP contribution is 2.29. The van der Waals surface area contributed by atoms with Gasteiger partial charge in [-0.15, -0.1) is 0 Å². The molecule has 1 aliphatic carbocycles. The largest absolute Gasteiger partial charge is 0.300 e. The van der Waals surface area contributed by atoms with Crippen molar-refractivity contribution in [3.8, 4) is 0 Å². The van der Waals surface area contributed by atoms with E-state index in [4.69, 9.17) is 0 Å². The molecule has 0 radical (unpaired) electrons. The van der Waals surface area contributed by atoms with Crippen LogP contribution in [0.1, 0.15) is 47.0 Å². The third-order valence-electron chi connectivity index (χ3n) is 3.70. The van der Waals surface area contributed by atoms with E-state index in [0.29, 0.717) is 0 Å². The normalized spacial score (nSPS) is 18.8. The molecule has 0 aromatic carbocycles. The molecule has 0 saturated heterocycles. The summed E-state index contributed by atoms with van der Waals surface area (Å²) in [5.74, 6) is 3.38. The molecule has 0 aliphatic heterocycles. The molecule has 1 aliphatic rings. The van der Waals surface area contributed by atoms with Crippen molar-refractivity contribution in [2.75, 3.05) is 18.8 Å². The van der Waals surface area contributed by atoms with Crippen LogP contribution in [0.25, 0.3) is 0 Å². The summed E-state index contributed by atoms with van der Waals surface area (Å²) < 4.78 is 0. The number of thiol groups is 1. The van der Waals surface area contributed by atoms with Crippen LogP contribution < -0.4 is 0 Å². The fourth-order valence-corrected chi connectivity index (χ4v) is 2.60. The maximum atomic E-state index is 4.50. The predicted molar refractivity (Wildman–Crippen MR) is 76.2 cm³/mol. The first-order chi connectivity index (χ1) is 7.54. The van der Waals surface area contributed by atoms with E-state index in [0.717, 1.165) is 29.5 Å². The second-order valence-corrected chi connectivity index (χ2v) is 6.46. The maximum Gasteiger partial charge on any atom is 0.00965 e. The zero-order valence-electron chi connectivity index (χ0n) is 11.4. The van der Waals surface area contributed by atoms with Gasteiger partial charge in [0.15, 0.2) is 0 Å². The van der Waals surface area contributed by atoms with E-state index in [1.165, 1.54) is 32.4 Å². The van der Waals surface area contributed by atoms with Gasteiger partial charge in [-0.2, -0.15) is 12.6 Å². The maximum absolute atomic E-state index is 4.50. The number of nitrogens with zero attached hydrogens (tertiary/aromatic N) is 1. The highest BCUT2D eigenvalue weighted by molar-refractivity contribution is 7.80. The summed E-state index contributed by atoms with van der Waals surface area (Å²) in [6.07, 6.45) is 4.19. The Hall–Kier alpha value is 0.310. The molecule has 96 valence electrons. The monoisotopic (exact) mass is 243 g/mol. The van der Waals surface area contributed by atoms with Crippen LogP contribution in [-0.4, -0.2) is 29.8 Å². The molecular formula is C14H29NS. The van der Waals surface area contributed by atoms with Crippen LogP contribution in [0.4, 0.5) is 0 Å². The Morgan fingerprint density at radius 3 is 2.19 bits per heavy atom. The van der Waals surface area contributed by atoms with Crippen LogP contribution >= 0.6 is 12.6 Å². The van der Waals surface area contributed by atoms with Crippen LogP contribution in [0.15, 0.2) is 0 Å². The Morgan fingerprint density at radius 2 is 1.81 bits per heavy atom. The molecule has 0 amide bonds. The lowest BCUT2D eigenvalue weighted by Crippen LogP contribution is -2.35. The number of rotatable bonds is 8. The van der Waals surface area contributed by atoms with Crippen LogP contribution in [-0.2, 0) is 0 Å². The molecule has 16 heavy (non-hydrogen) atoms. The predicted octanol–water partition coefficient (Wildman–Crippen LogP) is 3.70. The van der Waals surface area contributed by atoms with E-state index >= 15 is 0 Å². The molecule has 1 fully saturated rings. The second kappa shape index (κ2) is 6.90. The second-order valence-electron chi connectivity index (χ2n) is 6.10. The standard InChI is InChI=1S/C14H29NS/c1-11(2)7-8-15(14-5-6-14)9-13(10-16)12(3)4/h11-14,16H,5-10H2,1-4H3. The molecule has 0 bridgehead atoms. The first kappa shape index (κ1) is 14.4. The molecule has 1 rings (SSSR count). The van der Waals surface area contributed by atoms with Gasteiger partial charge in [0.05, 0.1) is 0 Å². The van der Waals surface area contributed by atoms with Gasteiger partial charge in [-0.05, 0) is 49.3 Å². The summed E-state index contributed by atoms with van der Waals surface area (Å²) in [7, 11) is 0. The smallest absolute Gasteiger partial charge is 0.00965 e. The van der Waals surface area contributed by atoms with Gasteiger partial charge in [-0.1, -0.05) is 27.7 Å². The molecule has 1 atom stereocenters. The highest BCUT2D eigenvalue weighted by Gasteiger charge is 2.30. The zero-order chi connectivity index (χ0) is 12.1. The lowest BCUT2D eigenvalue weighted by atomic mass is 9.97. The quantitative estimate of drug-likeness (QED) is 0.636. The van der Waals surface area contributed by atoms with E-state index in [1.807, 2.05) is 0 Å². The van der Waals surface area contributed by atoms with Crippen molar-refractivity contribution < 1.29 is 0 Å². The van der Waals surface area contributed by atoms with Gasteiger partial charge in [-0.3, -0.25) is 0 Å². The van der Waals surface area contributed by atoms with Gasteiger partial charge >= 0.3 is 0 Å². The first-order valence-corrected chi connectivity index (χ1v) is 7.52. The summed E-state index contributed by atoms with van der Waals surface area (Å²) in [4.78, 5) is 2.72. The fourth-order valence-electron chi connectivity index (χ4n) is 2.07. The first-order valence-electron chi connectivity index (χ1n) is 6.89. The Kier molecular flexibility index (Phi) is 6.20. The van der Waals surface area contributed by atoms with Crippen molar-refractivity contribution in [2.24, 2.45) is 17.8 Å². The molecule has 0 N–H and O–H groups in total. The molecule has 1 nitrogen and oxygen atoms in total. The molecule has 1 saturated carbocycles. The zero-order valence-corrected chi connectivity index (χ0v) is 12.3. The Labute approximate surface area is 107 Å². The molecule has 1 unspecified atom stereocenters. The third kappa shape index (κ3) is 5.09. The van der Waals surface area contributed by atoms with Crippen LogP contribution in [0.3, 0.4) is 0 Å². The molecular weight excluding hydrogens is 214 g/mol. The lowest BCUT2D eigenvalue weighted by Gasteiger charge is -2.29. The van der Waals surface area contributed by atoms with Crippen LogP contribution in [0.5, 0.6) is 0 Å². The summed E-state index contributed by atoms with van der Waals surface area (Å²) in [5.41, 5.74) is 0. The van der Waals surface area contributed by atoms with Gasteiger partial charge in [0.2, 0.25) is 0 Å². The minimum atomic E-state index is 0.760. The van der Waals surface area contributed by atoms with Crippen LogP contribution in [0.2, 0.25) is 0 Å². The SMILES string of the molecule is CC(C)CCN(CC(CS)C(C)C)C1CC1. The Bertz CT molecular complexity index is 187. The molecule has 0 aromatic heterocycles. The van der Waals surface area contributed by atoms with Gasteiger partial charge in [-0.25, -0.2) is 0 Å². The van der Waals surface area contributed by atoms with E-state index in [9.17, 15) is 0 Å². The number of hydrogen-bond acceptors (Lipinski definition) is 2. The molecule has 0 aromatic rings. The van der Waals surface area contributed by atoms with Gasteiger partial charge in [0.1, 0.15) is 0 Å². The summed E-state index contributed by atoms with van der Waals surface area (Å²) in [6.45, 7) is 11.9. The lowest BCUT2D eigenvalue weighted by molar-refractivity contribution is 0.196. The van der Waals surface area contributed by atoms with Gasteiger partial charge in [0, 0.05) is 12.6 Å². The van der Waals surface area contributed by atoms with Crippen LogP contribution in [0, 0.1) is 17.8 Å². The van der Waals surface area contributed by atoms with Crippen molar-refractivity contribution in [1.29, 1.82) is 0 Å². The highest BCUT2D eigenvalue weighted by atomic mass is 32.1. The average molecular weight is 243 g/mol. The molecule has 0 spiro atoms. The van der Waals surface area contributed by atoms with Crippen molar-refractivity contribution in [2.45, 2.75) is 53.0 Å².